The molecule has 0 saturated carbocycles. The monoisotopic (exact) mass is 433 g/mol. The van der Waals surface area contributed by atoms with E-state index < -0.39 is 33.4 Å². The van der Waals surface area contributed by atoms with Crippen LogP contribution in [0.15, 0.2) is 12.7 Å². The van der Waals surface area contributed by atoms with Crippen LogP contribution in [0.25, 0.3) is 0 Å². The molecule has 0 bridgehead atoms. The van der Waals surface area contributed by atoms with Crippen LogP contribution in [0.3, 0.4) is 0 Å². The first-order chi connectivity index (χ1) is 13.2. The van der Waals surface area contributed by atoms with Crippen LogP contribution in [0.2, 0.25) is 0 Å². The summed E-state index contributed by atoms with van der Waals surface area (Å²) >= 11 is 0.811. The fraction of sp³-hybridized carbons (Fsp3) is 0.471. The SMILES string of the molecule is C=CCS(=O)(=O)CC(=O)Nc1sc(C(=O)OCCOC)c(C)c1C(=O)OCC. The molecule has 0 unspecified atom stereocenters. The van der Waals surface area contributed by atoms with E-state index in [1.54, 1.807) is 6.92 Å². The molecule has 0 aliphatic rings. The summed E-state index contributed by atoms with van der Waals surface area (Å²) in [5.74, 6) is -3.41. The van der Waals surface area contributed by atoms with Crippen LogP contribution in [0, 0.1) is 6.92 Å². The van der Waals surface area contributed by atoms with Gasteiger partial charge in [0.1, 0.15) is 22.2 Å². The summed E-state index contributed by atoms with van der Waals surface area (Å²) in [6.07, 6.45) is 1.18. The summed E-state index contributed by atoms with van der Waals surface area (Å²) in [4.78, 5) is 36.8. The summed E-state index contributed by atoms with van der Waals surface area (Å²) in [5.41, 5.74) is 0.259. The van der Waals surface area contributed by atoms with Gasteiger partial charge in [-0.3, -0.25) is 4.79 Å². The number of methoxy groups -OCH3 is 1. The lowest BCUT2D eigenvalue weighted by Crippen LogP contribution is -2.24. The van der Waals surface area contributed by atoms with Gasteiger partial charge in [0.05, 0.1) is 24.5 Å². The highest BCUT2D eigenvalue weighted by Crippen LogP contribution is 2.34. The summed E-state index contributed by atoms with van der Waals surface area (Å²) < 4.78 is 38.4. The van der Waals surface area contributed by atoms with Gasteiger partial charge in [0, 0.05) is 7.11 Å². The van der Waals surface area contributed by atoms with Crippen molar-refractivity contribution >= 4 is 44.0 Å². The maximum absolute atomic E-state index is 12.3. The van der Waals surface area contributed by atoms with Crippen molar-refractivity contribution in [2.75, 3.05) is 43.8 Å². The minimum Gasteiger partial charge on any atom is -0.462 e. The fourth-order valence-electron chi connectivity index (χ4n) is 2.13. The number of hydrogen-bond acceptors (Lipinski definition) is 9. The molecule has 28 heavy (non-hydrogen) atoms. The van der Waals surface area contributed by atoms with Gasteiger partial charge in [-0.05, 0) is 19.4 Å². The Morgan fingerprint density at radius 2 is 1.86 bits per heavy atom. The van der Waals surface area contributed by atoms with Gasteiger partial charge in [0.15, 0.2) is 9.84 Å². The minimum atomic E-state index is -3.68. The number of sulfone groups is 1. The third-order valence-corrected chi connectivity index (χ3v) is 5.94. The zero-order chi connectivity index (χ0) is 21.3. The second kappa shape index (κ2) is 10.9. The number of rotatable bonds is 11. The molecule has 0 aromatic carbocycles. The normalized spacial score (nSPS) is 11.0. The lowest BCUT2D eigenvalue weighted by Gasteiger charge is -2.07. The van der Waals surface area contributed by atoms with Gasteiger partial charge < -0.3 is 19.5 Å². The lowest BCUT2D eigenvalue weighted by atomic mass is 10.1. The topological polar surface area (TPSA) is 125 Å². The molecule has 0 spiro atoms. The number of hydrogen-bond donors (Lipinski definition) is 1. The summed E-state index contributed by atoms with van der Waals surface area (Å²) in [6.45, 7) is 6.76. The molecule has 0 saturated heterocycles. The lowest BCUT2D eigenvalue weighted by molar-refractivity contribution is -0.113. The standard InChI is InChI=1S/C17H23NO8S2/c1-5-9-28(22,23)10-12(19)18-15-13(16(20)25-6-2)11(3)14(27-15)17(21)26-8-7-24-4/h5H,1,6-10H2,2-4H3,(H,18,19). The number of thiophene rings is 1. The smallest absolute Gasteiger partial charge is 0.348 e. The Kier molecular flexibility index (Phi) is 9.29. The highest BCUT2D eigenvalue weighted by atomic mass is 32.2. The average Bonchev–Trinajstić information content (AvgIpc) is 2.90. The van der Waals surface area contributed by atoms with Crippen LogP contribution in [-0.2, 0) is 28.8 Å². The largest absolute Gasteiger partial charge is 0.462 e. The van der Waals surface area contributed by atoms with Crippen molar-refractivity contribution in [2.24, 2.45) is 0 Å². The first-order valence-electron chi connectivity index (χ1n) is 8.24. The van der Waals surface area contributed by atoms with Crippen LogP contribution in [0.4, 0.5) is 5.00 Å². The molecular formula is C17H23NO8S2. The first-order valence-corrected chi connectivity index (χ1v) is 10.9. The van der Waals surface area contributed by atoms with E-state index in [9.17, 15) is 22.8 Å². The van der Waals surface area contributed by atoms with Crippen molar-refractivity contribution in [3.8, 4) is 0 Å². The van der Waals surface area contributed by atoms with Crippen molar-refractivity contribution in [1.29, 1.82) is 0 Å². The van der Waals surface area contributed by atoms with Crippen LogP contribution in [0.1, 0.15) is 32.5 Å². The number of anilines is 1. The van der Waals surface area contributed by atoms with E-state index in [1.165, 1.54) is 20.1 Å². The van der Waals surface area contributed by atoms with Gasteiger partial charge in [-0.2, -0.15) is 0 Å². The zero-order valence-electron chi connectivity index (χ0n) is 15.9. The molecule has 1 rings (SSSR count). The van der Waals surface area contributed by atoms with E-state index in [-0.39, 0.29) is 46.6 Å². The number of carbonyl (C=O) groups excluding carboxylic acids is 3. The van der Waals surface area contributed by atoms with Gasteiger partial charge in [0.2, 0.25) is 5.91 Å². The first kappa shape index (κ1) is 23.8. The van der Waals surface area contributed by atoms with Crippen molar-refractivity contribution < 1.29 is 37.0 Å². The molecule has 156 valence electrons. The maximum atomic E-state index is 12.3. The van der Waals surface area contributed by atoms with E-state index in [2.05, 4.69) is 11.9 Å². The third-order valence-electron chi connectivity index (χ3n) is 3.31. The predicted octanol–water partition coefficient (Wildman–Crippen LogP) is 1.58. The Balaban J connectivity index is 3.16. The second-order valence-electron chi connectivity index (χ2n) is 5.50. The van der Waals surface area contributed by atoms with Gasteiger partial charge in [-0.1, -0.05) is 6.08 Å². The Labute approximate surface area is 167 Å². The highest BCUT2D eigenvalue weighted by molar-refractivity contribution is 7.92. The molecule has 1 aromatic rings. The van der Waals surface area contributed by atoms with Gasteiger partial charge in [-0.25, -0.2) is 18.0 Å². The average molecular weight is 434 g/mol. The predicted molar refractivity (Wildman–Crippen MR) is 105 cm³/mol. The molecule has 0 aliphatic heterocycles. The van der Waals surface area contributed by atoms with Gasteiger partial charge >= 0.3 is 11.9 Å². The van der Waals surface area contributed by atoms with E-state index >= 15 is 0 Å². The van der Waals surface area contributed by atoms with Crippen LogP contribution >= 0.6 is 11.3 Å². The summed E-state index contributed by atoms with van der Waals surface area (Å²) in [6, 6.07) is 0. The molecule has 0 fully saturated rings. The van der Waals surface area contributed by atoms with E-state index in [0.29, 0.717) is 0 Å². The second-order valence-corrected chi connectivity index (χ2v) is 8.63. The number of amides is 1. The van der Waals surface area contributed by atoms with Gasteiger partial charge in [0.25, 0.3) is 0 Å². The molecule has 11 heteroatoms. The van der Waals surface area contributed by atoms with Crippen molar-refractivity contribution in [1.82, 2.24) is 0 Å². The number of ether oxygens (including phenoxy) is 3. The molecular weight excluding hydrogens is 410 g/mol. The minimum absolute atomic E-state index is 0.0139. The zero-order valence-corrected chi connectivity index (χ0v) is 17.5. The molecule has 1 N–H and O–H groups in total. The highest BCUT2D eigenvalue weighted by Gasteiger charge is 2.28. The van der Waals surface area contributed by atoms with Crippen LogP contribution < -0.4 is 5.32 Å². The molecule has 9 nitrogen and oxygen atoms in total. The number of nitrogens with one attached hydrogen (secondary N) is 1. The molecule has 1 amide bonds. The van der Waals surface area contributed by atoms with Gasteiger partial charge in [-0.15, -0.1) is 17.9 Å². The maximum Gasteiger partial charge on any atom is 0.348 e. The van der Waals surface area contributed by atoms with E-state index in [0.717, 1.165) is 11.3 Å². The third kappa shape index (κ3) is 6.73. The Hall–Kier alpha value is -2.24. The number of esters is 2. The fourth-order valence-corrected chi connectivity index (χ4v) is 4.18. The van der Waals surface area contributed by atoms with E-state index in [1.807, 2.05) is 0 Å². The summed E-state index contributed by atoms with van der Waals surface area (Å²) in [5, 5.41) is 2.40. The Morgan fingerprint density at radius 1 is 1.18 bits per heavy atom. The van der Waals surface area contributed by atoms with Crippen molar-refractivity contribution in [2.45, 2.75) is 13.8 Å². The molecule has 0 atom stereocenters. The number of carbonyl (C=O) groups is 3. The van der Waals surface area contributed by atoms with Crippen LogP contribution in [-0.4, -0.2) is 64.7 Å². The quantitative estimate of drug-likeness (QED) is 0.317. The molecule has 1 aromatic heterocycles. The summed E-state index contributed by atoms with van der Waals surface area (Å²) in [7, 11) is -2.22. The molecule has 0 aliphatic carbocycles. The Bertz CT molecular complexity index is 842. The Morgan fingerprint density at radius 3 is 2.43 bits per heavy atom. The van der Waals surface area contributed by atoms with E-state index in [4.69, 9.17) is 14.2 Å². The van der Waals surface area contributed by atoms with Crippen LogP contribution in [0.5, 0.6) is 0 Å². The molecule has 0 radical (unpaired) electrons. The molecule has 1 heterocycles. The van der Waals surface area contributed by atoms with Crippen molar-refractivity contribution in [3.05, 3.63) is 28.7 Å². The van der Waals surface area contributed by atoms with Crippen molar-refractivity contribution in [3.63, 3.8) is 0 Å².